The Morgan fingerprint density at radius 1 is 1.24 bits per heavy atom. The minimum Gasteiger partial charge on any atom is -0.241 e. The van der Waals surface area contributed by atoms with E-state index in [9.17, 15) is 0 Å². The molecule has 1 heterocycles. The summed E-state index contributed by atoms with van der Waals surface area (Å²) >= 11 is 2.00. The number of thioether (sulfide) groups is 1. The molecule has 0 bridgehead atoms. The van der Waals surface area contributed by atoms with Crippen LogP contribution in [0.2, 0.25) is 0 Å². The monoisotopic (exact) mass is 246 g/mol. The molecular formula is C14H18N2S. The van der Waals surface area contributed by atoms with E-state index in [0.717, 1.165) is 17.4 Å². The molecule has 0 saturated heterocycles. The largest absolute Gasteiger partial charge is 0.241 e. The van der Waals surface area contributed by atoms with Crippen molar-refractivity contribution in [3.05, 3.63) is 48.3 Å². The Bertz CT molecular complexity index is 432. The van der Waals surface area contributed by atoms with Gasteiger partial charge in [-0.15, -0.1) is 0 Å². The smallest absolute Gasteiger partial charge is 0.0645 e. The number of hydrogen-bond donors (Lipinski definition) is 0. The molecule has 90 valence electrons. The molecule has 0 amide bonds. The van der Waals surface area contributed by atoms with Crippen molar-refractivity contribution < 1.29 is 0 Å². The van der Waals surface area contributed by atoms with E-state index in [4.69, 9.17) is 0 Å². The van der Waals surface area contributed by atoms with Crippen LogP contribution in [0.4, 0.5) is 0 Å². The number of nitrogens with zero attached hydrogens (tertiary/aromatic N) is 2. The summed E-state index contributed by atoms with van der Waals surface area (Å²) in [6.45, 7) is 4.52. The van der Waals surface area contributed by atoms with Gasteiger partial charge in [0, 0.05) is 18.1 Å². The van der Waals surface area contributed by atoms with Crippen LogP contribution in [0.3, 0.4) is 0 Å². The molecule has 0 aliphatic rings. The zero-order valence-electron chi connectivity index (χ0n) is 10.3. The first kappa shape index (κ1) is 12.2. The summed E-state index contributed by atoms with van der Waals surface area (Å²) in [5.74, 6) is 3.08. The standard InChI is InChI=1S/C14H18N2S/c1-12(2)10-17-11-13-4-6-14(7-5-13)16-9-3-8-15-16/h3-9,12H,10-11H2,1-2H3. The highest BCUT2D eigenvalue weighted by Gasteiger charge is 1.99. The van der Waals surface area contributed by atoms with Crippen LogP contribution < -0.4 is 0 Å². The summed E-state index contributed by atoms with van der Waals surface area (Å²) in [7, 11) is 0. The second-order valence-electron chi connectivity index (χ2n) is 4.53. The molecule has 0 aliphatic heterocycles. The topological polar surface area (TPSA) is 17.8 Å². The van der Waals surface area contributed by atoms with E-state index < -0.39 is 0 Å². The van der Waals surface area contributed by atoms with Crippen LogP contribution in [-0.4, -0.2) is 15.5 Å². The number of aromatic nitrogens is 2. The number of benzene rings is 1. The van der Waals surface area contributed by atoms with Crippen LogP contribution >= 0.6 is 11.8 Å². The Hall–Kier alpha value is -1.22. The molecule has 3 heteroatoms. The zero-order valence-corrected chi connectivity index (χ0v) is 11.2. The maximum Gasteiger partial charge on any atom is 0.0645 e. The van der Waals surface area contributed by atoms with Crippen molar-refractivity contribution in [3.8, 4) is 5.69 Å². The van der Waals surface area contributed by atoms with Gasteiger partial charge in [0.15, 0.2) is 0 Å². The predicted molar refractivity (Wildman–Crippen MR) is 74.6 cm³/mol. The van der Waals surface area contributed by atoms with Crippen LogP contribution in [0.15, 0.2) is 42.7 Å². The van der Waals surface area contributed by atoms with E-state index in [2.05, 4.69) is 43.2 Å². The third-order valence-electron chi connectivity index (χ3n) is 2.43. The van der Waals surface area contributed by atoms with E-state index in [1.54, 1.807) is 6.20 Å². The minimum atomic E-state index is 0.767. The first-order chi connectivity index (χ1) is 8.25. The summed E-state index contributed by atoms with van der Waals surface area (Å²) < 4.78 is 1.88. The first-order valence-corrected chi connectivity index (χ1v) is 7.08. The van der Waals surface area contributed by atoms with Crippen LogP contribution in [-0.2, 0) is 5.75 Å². The van der Waals surface area contributed by atoms with Gasteiger partial charge in [0.05, 0.1) is 5.69 Å². The van der Waals surface area contributed by atoms with Gasteiger partial charge < -0.3 is 0 Å². The zero-order chi connectivity index (χ0) is 12.1. The van der Waals surface area contributed by atoms with Gasteiger partial charge in [-0.25, -0.2) is 4.68 Å². The van der Waals surface area contributed by atoms with Crippen LogP contribution in [0.1, 0.15) is 19.4 Å². The maximum absolute atomic E-state index is 4.21. The van der Waals surface area contributed by atoms with Crippen LogP contribution in [0.25, 0.3) is 5.69 Å². The molecule has 0 saturated carbocycles. The maximum atomic E-state index is 4.21. The van der Waals surface area contributed by atoms with Crippen molar-refractivity contribution in [2.24, 2.45) is 5.92 Å². The van der Waals surface area contributed by atoms with Gasteiger partial charge in [-0.2, -0.15) is 16.9 Å². The van der Waals surface area contributed by atoms with Gasteiger partial charge >= 0.3 is 0 Å². The first-order valence-electron chi connectivity index (χ1n) is 5.92. The second kappa shape index (κ2) is 5.92. The Labute approximate surface area is 107 Å². The van der Waals surface area contributed by atoms with Gasteiger partial charge in [-0.05, 0) is 35.4 Å². The van der Waals surface area contributed by atoms with Crippen molar-refractivity contribution in [2.45, 2.75) is 19.6 Å². The lowest BCUT2D eigenvalue weighted by Crippen LogP contribution is -1.95. The normalized spacial score (nSPS) is 11.0. The van der Waals surface area contributed by atoms with E-state index in [-0.39, 0.29) is 0 Å². The molecule has 0 fully saturated rings. The Morgan fingerprint density at radius 2 is 2.00 bits per heavy atom. The molecule has 2 rings (SSSR count). The molecule has 0 N–H and O–H groups in total. The van der Waals surface area contributed by atoms with Crippen molar-refractivity contribution in [1.82, 2.24) is 9.78 Å². The Balaban J connectivity index is 1.94. The molecular weight excluding hydrogens is 228 g/mol. The number of hydrogen-bond acceptors (Lipinski definition) is 2. The highest BCUT2D eigenvalue weighted by atomic mass is 32.2. The molecule has 0 aliphatic carbocycles. The van der Waals surface area contributed by atoms with Crippen LogP contribution in [0, 0.1) is 5.92 Å². The lowest BCUT2D eigenvalue weighted by Gasteiger charge is -2.06. The van der Waals surface area contributed by atoms with Crippen molar-refractivity contribution in [2.75, 3.05) is 5.75 Å². The van der Waals surface area contributed by atoms with Gasteiger partial charge in [0.1, 0.15) is 0 Å². The summed E-state index contributed by atoms with van der Waals surface area (Å²) in [6, 6.07) is 10.6. The Kier molecular flexibility index (Phi) is 4.26. The average molecular weight is 246 g/mol. The fourth-order valence-electron chi connectivity index (χ4n) is 1.58. The molecule has 2 aromatic rings. The average Bonchev–Trinajstić information content (AvgIpc) is 2.83. The molecule has 1 aromatic heterocycles. The van der Waals surface area contributed by atoms with Crippen molar-refractivity contribution in [3.63, 3.8) is 0 Å². The summed E-state index contributed by atoms with van der Waals surface area (Å²) in [5, 5.41) is 4.21. The molecule has 0 atom stereocenters. The van der Waals surface area contributed by atoms with Crippen LogP contribution in [0.5, 0.6) is 0 Å². The highest BCUT2D eigenvalue weighted by molar-refractivity contribution is 7.98. The second-order valence-corrected chi connectivity index (χ2v) is 5.56. The lowest BCUT2D eigenvalue weighted by atomic mass is 10.2. The molecule has 0 unspecified atom stereocenters. The predicted octanol–water partition coefficient (Wildman–Crippen LogP) is 3.76. The third kappa shape index (κ3) is 3.63. The van der Waals surface area contributed by atoms with Crippen molar-refractivity contribution >= 4 is 11.8 Å². The fraction of sp³-hybridized carbons (Fsp3) is 0.357. The Morgan fingerprint density at radius 3 is 2.59 bits per heavy atom. The van der Waals surface area contributed by atoms with E-state index in [1.165, 1.54) is 11.3 Å². The lowest BCUT2D eigenvalue weighted by molar-refractivity contribution is 0.750. The van der Waals surface area contributed by atoms with E-state index in [1.807, 2.05) is 28.7 Å². The summed E-state index contributed by atoms with van der Waals surface area (Å²) in [4.78, 5) is 0. The van der Waals surface area contributed by atoms with Gasteiger partial charge in [0.2, 0.25) is 0 Å². The van der Waals surface area contributed by atoms with Gasteiger partial charge in [0.25, 0.3) is 0 Å². The quantitative estimate of drug-likeness (QED) is 0.799. The molecule has 0 spiro atoms. The number of rotatable bonds is 5. The summed E-state index contributed by atoms with van der Waals surface area (Å²) in [5.41, 5.74) is 2.50. The summed E-state index contributed by atoms with van der Waals surface area (Å²) in [6.07, 6.45) is 3.76. The molecule has 0 radical (unpaired) electrons. The SMILES string of the molecule is CC(C)CSCc1ccc(-n2cccn2)cc1. The van der Waals surface area contributed by atoms with E-state index in [0.29, 0.717) is 0 Å². The highest BCUT2D eigenvalue weighted by Crippen LogP contribution is 2.16. The molecule has 2 nitrogen and oxygen atoms in total. The molecule has 1 aromatic carbocycles. The van der Waals surface area contributed by atoms with E-state index >= 15 is 0 Å². The fourth-order valence-corrected chi connectivity index (χ4v) is 2.60. The minimum absolute atomic E-state index is 0.767. The molecule has 17 heavy (non-hydrogen) atoms. The van der Waals surface area contributed by atoms with Crippen molar-refractivity contribution in [1.29, 1.82) is 0 Å². The third-order valence-corrected chi connectivity index (χ3v) is 3.87. The van der Waals surface area contributed by atoms with Gasteiger partial charge in [-0.1, -0.05) is 26.0 Å². The van der Waals surface area contributed by atoms with Gasteiger partial charge in [-0.3, -0.25) is 0 Å².